The third kappa shape index (κ3) is 5.55. The fourth-order valence-corrected chi connectivity index (χ4v) is 3.07. The summed E-state index contributed by atoms with van der Waals surface area (Å²) in [7, 11) is -3.91. The summed E-state index contributed by atoms with van der Waals surface area (Å²) < 4.78 is 109. The molecule has 0 unspecified atom stereocenters. The van der Waals surface area contributed by atoms with Crippen molar-refractivity contribution in [2.75, 3.05) is 6.61 Å². The number of primary sulfonamides is 1. The number of hydrogen-bond donors (Lipinski definition) is 1. The van der Waals surface area contributed by atoms with E-state index in [0.29, 0.717) is 11.6 Å². The molecule has 2 N–H and O–H groups in total. The fourth-order valence-electron chi connectivity index (χ4n) is 2.55. The largest absolute Gasteiger partial charge is 0.483 e. The molecule has 13 heteroatoms. The molecule has 0 atom stereocenters. The number of rotatable bonds is 5. The zero-order chi connectivity index (χ0) is 23.0. The van der Waals surface area contributed by atoms with Crippen LogP contribution in [0.1, 0.15) is 5.56 Å². The molecule has 0 bridgehead atoms. The molecule has 0 saturated carbocycles. The van der Waals surface area contributed by atoms with Gasteiger partial charge in [-0.05, 0) is 30.3 Å². The zero-order valence-corrected chi connectivity index (χ0v) is 16.0. The van der Waals surface area contributed by atoms with E-state index in [1.807, 2.05) is 0 Å². The van der Waals surface area contributed by atoms with Crippen molar-refractivity contribution < 1.29 is 44.0 Å². The fraction of sp³-hybridized carbons (Fsp3) is 0.167. The number of benzene rings is 2. The Balaban J connectivity index is 1.92. The van der Waals surface area contributed by atoms with Crippen molar-refractivity contribution in [1.29, 1.82) is 0 Å². The van der Waals surface area contributed by atoms with E-state index in [4.69, 9.17) is 9.66 Å². The van der Waals surface area contributed by atoms with Crippen molar-refractivity contribution >= 4 is 10.0 Å². The van der Waals surface area contributed by atoms with Crippen LogP contribution >= 0.6 is 0 Å². The average Bonchev–Trinajstić information content (AvgIpc) is 3.14. The highest BCUT2D eigenvalue weighted by atomic mass is 32.2. The SMILES string of the molecule is NS(=O)(=O)c1ccc(-c2cc(-c3ccc(OCC(F)(F)F)c(C(F)(F)F)c3)on2)cc1. The average molecular weight is 466 g/mol. The third-order valence-electron chi connectivity index (χ3n) is 3.95. The number of aromatic nitrogens is 1. The van der Waals surface area contributed by atoms with Crippen LogP contribution in [0.5, 0.6) is 5.75 Å². The van der Waals surface area contributed by atoms with E-state index >= 15 is 0 Å². The summed E-state index contributed by atoms with van der Waals surface area (Å²) in [4.78, 5) is -0.149. The maximum absolute atomic E-state index is 13.3. The van der Waals surface area contributed by atoms with Crippen molar-refractivity contribution in [3.05, 3.63) is 54.1 Å². The molecule has 0 aliphatic heterocycles. The lowest BCUT2D eigenvalue weighted by Gasteiger charge is -2.15. The lowest BCUT2D eigenvalue weighted by molar-refractivity contribution is -0.158. The molecule has 0 radical (unpaired) electrons. The molecule has 6 nitrogen and oxygen atoms in total. The highest BCUT2D eigenvalue weighted by Crippen LogP contribution is 2.39. The van der Waals surface area contributed by atoms with Crippen LogP contribution < -0.4 is 9.88 Å². The standard InChI is InChI=1S/C18H12F6N2O4S/c19-17(20,21)9-29-15-6-3-11(7-13(15)18(22,23)24)16-8-14(26-30-16)10-1-4-12(5-2-10)31(25,27)28/h1-8H,9H2,(H2,25,27,28). The van der Waals surface area contributed by atoms with Gasteiger partial charge in [-0.25, -0.2) is 13.6 Å². The zero-order valence-electron chi connectivity index (χ0n) is 15.2. The lowest BCUT2D eigenvalue weighted by Crippen LogP contribution is -2.20. The summed E-state index contributed by atoms with van der Waals surface area (Å²) >= 11 is 0. The molecule has 0 saturated heterocycles. The minimum atomic E-state index is -4.98. The smallest absolute Gasteiger partial charge is 0.422 e. The number of halogens is 6. The Kier molecular flexibility index (Phi) is 5.76. The highest BCUT2D eigenvalue weighted by Gasteiger charge is 2.37. The quantitative estimate of drug-likeness (QED) is 0.554. The normalized spacial score (nSPS) is 12.7. The Bertz CT molecular complexity index is 1180. The molecule has 3 aromatic rings. The summed E-state index contributed by atoms with van der Waals surface area (Å²) in [5.74, 6) is -1.08. The lowest BCUT2D eigenvalue weighted by atomic mass is 10.1. The second-order valence-corrected chi connectivity index (χ2v) is 7.82. The first kappa shape index (κ1) is 22.6. The predicted molar refractivity (Wildman–Crippen MR) is 95.3 cm³/mol. The van der Waals surface area contributed by atoms with Crippen LogP contribution in [-0.4, -0.2) is 26.4 Å². The summed E-state index contributed by atoms with van der Waals surface area (Å²) in [6, 6.07) is 8.90. The van der Waals surface area contributed by atoms with Gasteiger partial charge in [0.25, 0.3) is 0 Å². The molecule has 0 aliphatic carbocycles. The van der Waals surface area contributed by atoms with Crippen LogP contribution in [0.3, 0.4) is 0 Å². The van der Waals surface area contributed by atoms with Crippen molar-refractivity contribution in [2.24, 2.45) is 5.14 Å². The van der Waals surface area contributed by atoms with Crippen LogP contribution in [0.4, 0.5) is 26.3 Å². The van der Waals surface area contributed by atoms with Gasteiger partial charge < -0.3 is 9.26 Å². The molecule has 166 valence electrons. The van der Waals surface area contributed by atoms with Crippen molar-refractivity contribution in [3.8, 4) is 28.3 Å². The van der Waals surface area contributed by atoms with Gasteiger partial charge in [-0.1, -0.05) is 17.3 Å². The first-order chi connectivity index (χ1) is 14.2. The Morgan fingerprint density at radius 3 is 2.10 bits per heavy atom. The number of nitrogens with zero attached hydrogens (tertiary/aromatic N) is 1. The first-order valence-corrected chi connectivity index (χ1v) is 9.80. The van der Waals surface area contributed by atoms with Gasteiger partial charge in [0.15, 0.2) is 12.4 Å². The van der Waals surface area contributed by atoms with E-state index in [9.17, 15) is 34.8 Å². The van der Waals surface area contributed by atoms with Gasteiger partial charge in [0.05, 0.1) is 10.5 Å². The molecule has 0 fully saturated rings. The van der Waals surface area contributed by atoms with E-state index in [0.717, 1.165) is 12.1 Å². The highest BCUT2D eigenvalue weighted by molar-refractivity contribution is 7.89. The van der Waals surface area contributed by atoms with Crippen molar-refractivity contribution in [2.45, 2.75) is 17.2 Å². The molecule has 0 aliphatic rings. The van der Waals surface area contributed by atoms with E-state index in [-0.39, 0.29) is 21.9 Å². The molecule has 0 spiro atoms. The van der Waals surface area contributed by atoms with Gasteiger partial charge in [0.2, 0.25) is 10.0 Å². The topological polar surface area (TPSA) is 95.4 Å². The first-order valence-electron chi connectivity index (χ1n) is 8.25. The maximum Gasteiger partial charge on any atom is 0.422 e. The van der Waals surface area contributed by atoms with Gasteiger partial charge in [0, 0.05) is 17.2 Å². The monoisotopic (exact) mass is 466 g/mol. The summed E-state index contributed by atoms with van der Waals surface area (Å²) in [5.41, 5.74) is -0.943. The van der Waals surface area contributed by atoms with Gasteiger partial charge in [0.1, 0.15) is 11.4 Å². The Morgan fingerprint density at radius 2 is 1.55 bits per heavy atom. The van der Waals surface area contributed by atoms with Crippen molar-refractivity contribution in [3.63, 3.8) is 0 Å². The Morgan fingerprint density at radius 1 is 0.935 bits per heavy atom. The number of ether oxygens (including phenoxy) is 1. The van der Waals surface area contributed by atoms with Crippen LogP contribution in [-0.2, 0) is 16.2 Å². The van der Waals surface area contributed by atoms with Gasteiger partial charge in [-0.2, -0.15) is 26.3 Å². The van der Waals surface area contributed by atoms with Crippen LogP contribution in [0.25, 0.3) is 22.6 Å². The molecular weight excluding hydrogens is 454 g/mol. The maximum atomic E-state index is 13.3. The molecule has 31 heavy (non-hydrogen) atoms. The number of sulfonamides is 1. The number of alkyl halides is 6. The number of nitrogens with two attached hydrogens (primary N) is 1. The van der Waals surface area contributed by atoms with E-state index in [1.54, 1.807) is 0 Å². The predicted octanol–water partition coefficient (Wildman–Crippen LogP) is 4.62. The van der Waals surface area contributed by atoms with Crippen LogP contribution in [0.2, 0.25) is 0 Å². The Hall–Kier alpha value is -3.06. The second-order valence-electron chi connectivity index (χ2n) is 6.26. The molecule has 1 heterocycles. The molecular formula is C18H12F6N2O4S. The molecule has 2 aromatic carbocycles. The van der Waals surface area contributed by atoms with Gasteiger partial charge >= 0.3 is 12.4 Å². The van der Waals surface area contributed by atoms with Gasteiger partial charge in [-0.3, -0.25) is 0 Å². The number of hydrogen-bond acceptors (Lipinski definition) is 5. The van der Waals surface area contributed by atoms with E-state index in [1.165, 1.54) is 30.3 Å². The molecule has 0 amide bonds. The summed E-state index contributed by atoms with van der Waals surface area (Å²) in [6.07, 6.45) is -9.79. The van der Waals surface area contributed by atoms with Gasteiger partial charge in [-0.15, -0.1) is 0 Å². The van der Waals surface area contributed by atoms with E-state index < -0.39 is 40.3 Å². The van der Waals surface area contributed by atoms with Crippen LogP contribution in [0.15, 0.2) is 57.9 Å². The molecule has 3 rings (SSSR count). The van der Waals surface area contributed by atoms with Crippen molar-refractivity contribution in [1.82, 2.24) is 5.16 Å². The Labute approximate surface area is 171 Å². The minimum absolute atomic E-state index is 0.0987. The third-order valence-corrected chi connectivity index (χ3v) is 4.88. The summed E-state index contributed by atoms with van der Waals surface area (Å²) in [6.45, 7) is -1.88. The van der Waals surface area contributed by atoms with E-state index in [2.05, 4.69) is 9.89 Å². The summed E-state index contributed by atoms with van der Waals surface area (Å²) in [5, 5.41) is 8.73. The van der Waals surface area contributed by atoms with Crippen LogP contribution in [0, 0.1) is 0 Å². The molecule has 1 aromatic heterocycles. The minimum Gasteiger partial charge on any atom is -0.483 e. The second kappa shape index (κ2) is 7.89.